The molecule has 20 heavy (non-hydrogen) atoms. The molecule has 1 aromatic rings. The Morgan fingerprint density at radius 3 is 2.35 bits per heavy atom. The molecule has 0 aromatic heterocycles. The maximum Gasteiger partial charge on any atom is 0.125 e. The highest BCUT2D eigenvalue weighted by Crippen LogP contribution is 2.45. The van der Waals surface area contributed by atoms with Crippen LogP contribution in [-0.2, 0) is 0 Å². The van der Waals surface area contributed by atoms with Crippen molar-refractivity contribution < 1.29 is 9.84 Å². The topological polar surface area (TPSA) is 29.5 Å². The maximum atomic E-state index is 10.6. The van der Waals surface area contributed by atoms with Crippen molar-refractivity contribution in [2.45, 2.75) is 65.6 Å². The smallest absolute Gasteiger partial charge is 0.125 e. The van der Waals surface area contributed by atoms with E-state index >= 15 is 0 Å². The molecule has 112 valence electrons. The molecule has 0 saturated carbocycles. The predicted molar refractivity (Wildman–Crippen MR) is 83.0 cm³/mol. The Labute approximate surface area is 123 Å². The van der Waals surface area contributed by atoms with Crippen LogP contribution in [0.15, 0.2) is 18.2 Å². The van der Waals surface area contributed by atoms with Gasteiger partial charge in [-0.25, -0.2) is 0 Å². The lowest BCUT2D eigenvalue weighted by molar-refractivity contribution is -0.0407. The van der Waals surface area contributed by atoms with Gasteiger partial charge < -0.3 is 9.84 Å². The number of aryl methyl sites for hydroxylation is 1. The molecule has 2 rings (SSSR count). The summed E-state index contributed by atoms with van der Waals surface area (Å²) < 4.78 is 6.41. The first-order chi connectivity index (χ1) is 9.31. The molecule has 0 bridgehead atoms. The summed E-state index contributed by atoms with van der Waals surface area (Å²) in [7, 11) is 0. The molecular formula is C18H28O2. The summed E-state index contributed by atoms with van der Waals surface area (Å²) in [4.78, 5) is 0. The summed E-state index contributed by atoms with van der Waals surface area (Å²) in [6.07, 6.45) is 2.29. The first-order valence-corrected chi connectivity index (χ1v) is 7.79. The quantitative estimate of drug-likeness (QED) is 0.868. The zero-order valence-corrected chi connectivity index (χ0v) is 13.4. The molecule has 2 nitrogen and oxygen atoms in total. The fourth-order valence-corrected chi connectivity index (χ4v) is 3.58. The Morgan fingerprint density at radius 2 is 1.80 bits per heavy atom. The van der Waals surface area contributed by atoms with Crippen molar-refractivity contribution in [3.63, 3.8) is 0 Å². The van der Waals surface area contributed by atoms with Crippen molar-refractivity contribution in [1.82, 2.24) is 0 Å². The van der Waals surface area contributed by atoms with Crippen LogP contribution in [0.1, 0.15) is 64.2 Å². The Kier molecular flexibility index (Phi) is 4.43. The molecule has 0 aliphatic carbocycles. The molecule has 1 N–H and O–H groups in total. The molecule has 1 aromatic carbocycles. The van der Waals surface area contributed by atoms with Crippen molar-refractivity contribution in [3.8, 4) is 5.75 Å². The summed E-state index contributed by atoms with van der Waals surface area (Å²) in [5.41, 5.74) is 1.91. The van der Waals surface area contributed by atoms with E-state index in [4.69, 9.17) is 4.74 Å². The second-order valence-corrected chi connectivity index (χ2v) is 7.24. The Morgan fingerprint density at radius 1 is 1.20 bits per heavy atom. The van der Waals surface area contributed by atoms with Crippen molar-refractivity contribution in [1.29, 1.82) is 0 Å². The standard InChI is InChI=1S/C18H28O2/c1-12(2)9-18(10-13(3)4)11-16(19)15-8-14(5)6-7-17(15)20-18/h6-8,12-13,16,19H,9-11H2,1-5H3/t16-/m1/s1. The van der Waals surface area contributed by atoms with Crippen molar-refractivity contribution in [2.75, 3.05) is 0 Å². The SMILES string of the molecule is Cc1ccc2c(c1)[C@H](O)CC(CC(C)C)(CC(C)C)O2. The number of benzene rings is 1. The average Bonchev–Trinajstić information content (AvgIpc) is 2.28. The van der Waals surface area contributed by atoms with Gasteiger partial charge in [-0.2, -0.15) is 0 Å². The van der Waals surface area contributed by atoms with Crippen LogP contribution in [0.4, 0.5) is 0 Å². The van der Waals surface area contributed by atoms with E-state index in [0.29, 0.717) is 18.3 Å². The van der Waals surface area contributed by atoms with Gasteiger partial charge in [0.2, 0.25) is 0 Å². The van der Waals surface area contributed by atoms with E-state index < -0.39 is 6.10 Å². The molecule has 0 saturated heterocycles. The summed E-state index contributed by atoms with van der Waals surface area (Å²) in [5, 5.41) is 10.6. The monoisotopic (exact) mass is 276 g/mol. The highest BCUT2D eigenvalue weighted by Gasteiger charge is 2.41. The third-order valence-electron chi connectivity index (χ3n) is 3.98. The van der Waals surface area contributed by atoms with Gasteiger partial charge in [0.1, 0.15) is 11.4 Å². The van der Waals surface area contributed by atoms with Gasteiger partial charge in [-0.3, -0.25) is 0 Å². The minimum absolute atomic E-state index is 0.218. The lowest BCUT2D eigenvalue weighted by atomic mass is 9.78. The van der Waals surface area contributed by atoms with Crippen LogP contribution in [0, 0.1) is 18.8 Å². The summed E-state index contributed by atoms with van der Waals surface area (Å²) >= 11 is 0. The first-order valence-electron chi connectivity index (χ1n) is 7.79. The van der Waals surface area contributed by atoms with Crippen LogP contribution in [0.2, 0.25) is 0 Å². The van der Waals surface area contributed by atoms with Crippen LogP contribution in [-0.4, -0.2) is 10.7 Å². The predicted octanol–water partition coefficient (Wildman–Crippen LogP) is 4.64. The minimum atomic E-state index is -0.406. The minimum Gasteiger partial charge on any atom is -0.487 e. The summed E-state index contributed by atoms with van der Waals surface area (Å²) in [6.45, 7) is 11.0. The van der Waals surface area contributed by atoms with Crippen molar-refractivity contribution in [3.05, 3.63) is 29.3 Å². The molecule has 1 heterocycles. The molecule has 1 aliphatic heterocycles. The Bertz CT molecular complexity index is 452. The van der Waals surface area contributed by atoms with Crippen LogP contribution in [0.25, 0.3) is 0 Å². The number of fused-ring (bicyclic) bond motifs is 1. The Balaban J connectivity index is 2.34. The van der Waals surface area contributed by atoms with Gasteiger partial charge in [0.25, 0.3) is 0 Å². The van der Waals surface area contributed by atoms with E-state index in [2.05, 4.69) is 46.8 Å². The number of aliphatic hydroxyl groups is 1. The van der Waals surface area contributed by atoms with E-state index in [1.165, 1.54) is 5.56 Å². The van der Waals surface area contributed by atoms with Crippen molar-refractivity contribution in [2.24, 2.45) is 11.8 Å². The number of hydrogen-bond donors (Lipinski definition) is 1. The Hall–Kier alpha value is -1.02. The average molecular weight is 276 g/mol. The maximum absolute atomic E-state index is 10.6. The molecule has 0 amide bonds. The molecule has 2 heteroatoms. The molecule has 0 unspecified atom stereocenters. The summed E-state index contributed by atoms with van der Waals surface area (Å²) in [5.74, 6) is 2.00. The molecule has 0 fully saturated rings. The van der Waals surface area contributed by atoms with Crippen LogP contribution >= 0.6 is 0 Å². The summed E-state index contributed by atoms with van der Waals surface area (Å²) in [6, 6.07) is 6.13. The fourth-order valence-electron chi connectivity index (χ4n) is 3.58. The van der Waals surface area contributed by atoms with E-state index in [0.717, 1.165) is 24.2 Å². The second-order valence-electron chi connectivity index (χ2n) is 7.24. The number of ether oxygens (including phenoxy) is 1. The molecule has 0 radical (unpaired) electrons. The fraction of sp³-hybridized carbons (Fsp3) is 0.667. The van der Waals surface area contributed by atoms with Gasteiger partial charge in [-0.05, 0) is 43.7 Å². The zero-order chi connectivity index (χ0) is 14.9. The highest BCUT2D eigenvalue weighted by molar-refractivity contribution is 5.40. The van der Waals surface area contributed by atoms with E-state index in [1.807, 2.05) is 6.07 Å². The van der Waals surface area contributed by atoms with Crippen LogP contribution < -0.4 is 4.74 Å². The highest BCUT2D eigenvalue weighted by atomic mass is 16.5. The van der Waals surface area contributed by atoms with Gasteiger partial charge in [0.05, 0.1) is 6.10 Å². The largest absolute Gasteiger partial charge is 0.487 e. The van der Waals surface area contributed by atoms with Crippen LogP contribution in [0.5, 0.6) is 5.75 Å². The lowest BCUT2D eigenvalue weighted by Gasteiger charge is -2.43. The van der Waals surface area contributed by atoms with Gasteiger partial charge in [0, 0.05) is 12.0 Å². The van der Waals surface area contributed by atoms with Gasteiger partial charge in [-0.15, -0.1) is 0 Å². The second kappa shape index (κ2) is 5.77. The van der Waals surface area contributed by atoms with Gasteiger partial charge >= 0.3 is 0 Å². The molecular weight excluding hydrogens is 248 g/mol. The van der Waals surface area contributed by atoms with E-state index in [-0.39, 0.29) is 5.60 Å². The third-order valence-corrected chi connectivity index (χ3v) is 3.98. The molecule has 0 spiro atoms. The van der Waals surface area contributed by atoms with Crippen molar-refractivity contribution >= 4 is 0 Å². The zero-order valence-electron chi connectivity index (χ0n) is 13.4. The first kappa shape index (κ1) is 15.4. The van der Waals surface area contributed by atoms with Gasteiger partial charge in [-0.1, -0.05) is 39.3 Å². The van der Waals surface area contributed by atoms with Crippen LogP contribution in [0.3, 0.4) is 0 Å². The van der Waals surface area contributed by atoms with E-state index in [9.17, 15) is 5.11 Å². The number of rotatable bonds is 4. The number of aliphatic hydroxyl groups excluding tert-OH is 1. The third kappa shape index (κ3) is 3.35. The molecule has 1 aliphatic rings. The normalized spacial score (nSPS) is 20.9. The number of hydrogen-bond acceptors (Lipinski definition) is 2. The lowest BCUT2D eigenvalue weighted by Crippen LogP contribution is -2.43. The molecule has 1 atom stereocenters. The van der Waals surface area contributed by atoms with E-state index in [1.54, 1.807) is 0 Å². The van der Waals surface area contributed by atoms with Gasteiger partial charge in [0.15, 0.2) is 0 Å².